The number of halogens is 1. The van der Waals surface area contributed by atoms with Crippen LogP contribution in [0.3, 0.4) is 0 Å². The first-order chi connectivity index (χ1) is 12.5. The molecule has 1 saturated carbocycles. The lowest BCUT2D eigenvalue weighted by Crippen LogP contribution is -2.44. The van der Waals surface area contributed by atoms with Gasteiger partial charge in [0.25, 0.3) is 11.5 Å². The van der Waals surface area contributed by atoms with E-state index >= 15 is 0 Å². The summed E-state index contributed by atoms with van der Waals surface area (Å²) >= 11 is 0. The number of aromatic nitrogens is 1. The number of amides is 1. The van der Waals surface area contributed by atoms with Crippen molar-refractivity contribution in [1.29, 1.82) is 0 Å². The Morgan fingerprint density at radius 3 is 2.42 bits per heavy atom. The van der Waals surface area contributed by atoms with Gasteiger partial charge in [0, 0.05) is 23.9 Å². The number of nitrogens with one attached hydrogen (secondary N) is 1. The Morgan fingerprint density at radius 2 is 1.77 bits per heavy atom. The number of aryl methyl sites for hydroxylation is 1. The summed E-state index contributed by atoms with van der Waals surface area (Å²) in [6.45, 7) is 1.78. The molecule has 1 heterocycles. The molecule has 1 N–H and O–H groups in total. The smallest absolute Gasteiger partial charge is 0.251 e. The van der Waals surface area contributed by atoms with E-state index in [1.807, 2.05) is 0 Å². The topological polar surface area (TPSA) is 68.2 Å². The fourth-order valence-electron chi connectivity index (χ4n) is 3.31. The number of benzene rings is 1. The van der Waals surface area contributed by atoms with Crippen LogP contribution in [0, 0.1) is 12.7 Å². The molecule has 3 rings (SSSR count). The second-order valence-electron chi connectivity index (χ2n) is 6.72. The summed E-state index contributed by atoms with van der Waals surface area (Å²) in [6, 6.07) is 6.66. The largest absolute Gasteiger partial charge is 0.351 e. The zero-order valence-electron chi connectivity index (χ0n) is 14.6. The van der Waals surface area contributed by atoms with Gasteiger partial charge in [-0.1, -0.05) is 18.9 Å². The van der Waals surface area contributed by atoms with Gasteiger partial charge in [-0.05, 0) is 49.6 Å². The maximum Gasteiger partial charge on any atom is 0.251 e. The van der Waals surface area contributed by atoms with Gasteiger partial charge in [0.05, 0.1) is 0 Å². The molecule has 5 nitrogen and oxygen atoms in total. The van der Waals surface area contributed by atoms with Crippen molar-refractivity contribution in [3.63, 3.8) is 0 Å². The average molecular weight is 356 g/mol. The van der Waals surface area contributed by atoms with Crippen molar-refractivity contribution >= 4 is 11.7 Å². The van der Waals surface area contributed by atoms with Crippen molar-refractivity contribution in [1.82, 2.24) is 9.88 Å². The molecule has 0 unspecified atom stereocenters. The molecule has 1 aromatic heterocycles. The highest BCUT2D eigenvalue weighted by molar-refractivity contribution is 6.11. The Morgan fingerprint density at radius 1 is 1.12 bits per heavy atom. The number of pyridine rings is 1. The van der Waals surface area contributed by atoms with Crippen LogP contribution in [0.4, 0.5) is 4.39 Å². The Bertz CT molecular complexity index is 867. The highest BCUT2D eigenvalue weighted by Crippen LogP contribution is 2.20. The molecule has 136 valence electrons. The first-order valence-corrected chi connectivity index (χ1v) is 8.74. The summed E-state index contributed by atoms with van der Waals surface area (Å²) in [6.07, 6.45) is 5.30. The van der Waals surface area contributed by atoms with Gasteiger partial charge in [0.15, 0.2) is 11.8 Å². The lowest BCUT2D eigenvalue weighted by Gasteiger charge is -2.21. The van der Waals surface area contributed by atoms with Crippen molar-refractivity contribution in [3.05, 3.63) is 69.9 Å². The summed E-state index contributed by atoms with van der Waals surface area (Å²) < 4.78 is 14.3. The summed E-state index contributed by atoms with van der Waals surface area (Å²) in [5.74, 6) is -1.51. The van der Waals surface area contributed by atoms with Gasteiger partial charge in [0.1, 0.15) is 5.82 Å². The van der Waals surface area contributed by atoms with Gasteiger partial charge in [-0.25, -0.2) is 4.39 Å². The minimum Gasteiger partial charge on any atom is -0.351 e. The third kappa shape index (κ3) is 3.90. The van der Waals surface area contributed by atoms with Crippen molar-refractivity contribution in [2.24, 2.45) is 0 Å². The Labute approximate surface area is 150 Å². The number of Topliss-reactive ketones (excluding diaryl/α,β-unsaturated/α-hetero) is 1. The molecule has 0 spiro atoms. The molecule has 6 heteroatoms. The van der Waals surface area contributed by atoms with E-state index in [-0.39, 0.29) is 11.6 Å². The minimum absolute atomic E-state index is 0.0199. The van der Waals surface area contributed by atoms with Crippen LogP contribution in [-0.2, 0) is 4.79 Å². The number of hydrogen-bond acceptors (Lipinski definition) is 3. The molecule has 0 bridgehead atoms. The van der Waals surface area contributed by atoms with E-state index in [4.69, 9.17) is 0 Å². The molecular formula is C20H21FN2O3. The second kappa shape index (κ2) is 7.64. The fraction of sp³-hybridized carbons (Fsp3) is 0.350. The van der Waals surface area contributed by atoms with E-state index in [2.05, 4.69) is 5.32 Å². The minimum atomic E-state index is -1.31. The van der Waals surface area contributed by atoms with Gasteiger partial charge >= 0.3 is 0 Å². The number of nitrogens with zero attached hydrogens (tertiary/aromatic N) is 1. The average Bonchev–Trinajstić information content (AvgIpc) is 3.11. The van der Waals surface area contributed by atoms with E-state index in [1.165, 1.54) is 24.4 Å². The van der Waals surface area contributed by atoms with E-state index in [1.54, 1.807) is 13.0 Å². The maximum absolute atomic E-state index is 13.2. The summed E-state index contributed by atoms with van der Waals surface area (Å²) in [5.41, 5.74) is 0.513. The summed E-state index contributed by atoms with van der Waals surface area (Å²) in [5, 5.41) is 2.89. The van der Waals surface area contributed by atoms with Crippen LogP contribution in [0.15, 0.2) is 47.4 Å². The molecule has 0 radical (unpaired) electrons. The van der Waals surface area contributed by atoms with Crippen LogP contribution < -0.4 is 10.9 Å². The molecule has 0 saturated heterocycles. The zero-order valence-corrected chi connectivity index (χ0v) is 14.6. The molecule has 1 amide bonds. The Hall–Kier alpha value is -2.76. The molecule has 1 atom stereocenters. The Kier molecular flexibility index (Phi) is 5.30. The summed E-state index contributed by atoms with van der Waals surface area (Å²) in [4.78, 5) is 38.2. The maximum atomic E-state index is 13.2. The van der Waals surface area contributed by atoms with Gasteiger partial charge < -0.3 is 5.32 Å². The third-order valence-electron chi connectivity index (χ3n) is 4.69. The predicted molar refractivity (Wildman–Crippen MR) is 95.6 cm³/mol. The van der Waals surface area contributed by atoms with Crippen LogP contribution in [-0.4, -0.2) is 22.3 Å². The highest BCUT2D eigenvalue weighted by Gasteiger charge is 2.32. The Balaban J connectivity index is 1.98. The van der Waals surface area contributed by atoms with Gasteiger partial charge in [0.2, 0.25) is 0 Å². The number of carbonyl (C=O) groups is 2. The fourth-order valence-corrected chi connectivity index (χ4v) is 3.31. The molecule has 1 aliphatic rings. The lowest BCUT2D eigenvalue weighted by atomic mass is 10.0. The van der Waals surface area contributed by atoms with Crippen LogP contribution in [0.2, 0.25) is 0 Å². The second-order valence-corrected chi connectivity index (χ2v) is 6.72. The lowest BCUT2D eigenvalue weighted by molar-refractivity contribution is -0.123. The quantitative estimate of drug-likeness (QED) is 0.662. The molecule has 2 aromatic rings. The van der Waals surface area contributed by atoms with E-state index in [0.29, 0.717) is 0 Å². The van der Waals surface area contributed by atoms with Crippen molar-refractivity contribution in [2.75, 3.05) is 0 Å². The molecule has 1 fully saturated rings. The van der Waals surface area contributed by atoms with Crippen LogP contribution in [0.5, 0.6) is 0 Å². The zero-order chi connectivity index (χ0) is 18.7. The standard InChI is InChI=1S/C20H21FN2O3/c1-13-6-11-17(24)23(12-13)18(20(26)22-16-4-2-3-5-16)19(25)14-7-9-15(21)10-8-14/h6-12,16,18H,2-5H2,1H3,(H,22,26)/t18-/m1/s1. The molecular weight excluding hydrogens is 335 g/mol. The van der Waals surface area contributed by atoms with Crippen molar-refractivity contribution < 1.29 is 14.0 Å². The van der Waals surface area contributed by atoms with E-state index < -0.39 is 29.1 Å². The van der Waals surface area contributed by atoms with Gasteiger partial charge in [-0.2, -0.15) is 0 Å². The first-order valence-electron chi connectivity index (χ1n) is 8.74. The number of rotatable bonds is 5. The van der Waals surface area contributed by atoms with Crippen LogP contribution in [0.1, 0.15) is 47.6 Å². The van der Waals surface area contributed by atoms with E-state index in [0.717, 1.165) is 47.9 Å². The van der Waals surface area contributed by atoms with E-state index in [9.17, 15) is 18.8 Å². The molecule has 0 aliphatic heterocycles. The van der Waals surface area contributed by atoms with Crippen LogP contribution >= 0.6 is 0 Å². The molecule has 1 aromatic carbocycles. The SMILES string of the molecule is Cc1ccc(=O)n([C@@H](C(=O)NC2CCCC2)C(=O)c2ccc(F)cc2)c1. The number of ketones is 1. The summed E-state index contributed by atoms with van der Waals surface area (Å²) in [7, 11) is 0. The highest BCUT2D eigenvalue weighted by atomic mass is 19.1. The molecule has 26 heavy (non-hydrogen) atoms. The van der Waals surface area contributed by atoms with Crippen molar-refractivity contribution in [3.8, 4) is 0 Å². The van der Waals surface area contributed by atoms with Crippen molar-refractivity contribution in [2.45, 2.75) is 44.7 Å². The monoisotopic (exact) mass is 356 g/mol. The number of carbonyl (C=O) groups excluding carboxylic acids is 2. The normalized spacial score (nSPS) is 15.6. The van der Waals surface area contributed by atoms with Crippen LogP contribution in [0.25, 0.3) is 0 Å². The first kappa shape index (κ1) is 18.0. The predicted octanol–water partition coefficient (Wildman–Crippen LogP) is 2.78. The van der Waals surface area contributed by atoms with Gasteiger partial charge in [-0.15, -0.1) is 0 Å². The van der Waals surface area contributed by atoms with Gasteiger partial charge in [-0.3, -0.25) is 19.0 Å². The molecule has 1 aliphatic carbocycles. The third-order valence-corrected chi connectivity index (χ3v) is 4.69. The number of hydrogen-bond donors (Lipinski definition) is 1.